The average Bonchev–Trinajstić information content (AvgIpc) is 2.35. The van der Waals surface area contributed by atoms with E-state index in [1.165, 1.54) is 19.3 Å². The Morgan fingerprint density at radius 3 is 2.95 bits per heavy atom. The van der Waals surface area contributed by atoms with Crippen LogP contribution in [-0.4, -0.2) is 18.5 Å². The highest BCUT2D eigenvalue weighted by Crippen LogP contribution is 2.34. The molecular weight excluding hydrogens is 316 g/mol. The van der Waals surface area contributed by atoms with Gasteiger partial charge in [0.15, 0.2) is 0 Å². The molecular formula is C16H23BrN2O. The van der Waals surface area contributed by atoms with Crippen molar-refractivity contribution in [2.75, 3.05) is 11.9 Å². The minimum Gasteiger partial charge on any atom is -0.325 e. The zero-order valence-corrected chi connectivity index (χ0v) is 13.8. The summed E-state index contributed by atoms with van der Waals surface area (Å²) in [6, 6.07) is 8.12. The number of carbonyl (C=O) groups is 1. The van der Waals surface area contributed by atoms with Crippen molar-refractivity contribution in [3.63, 3.8) is 0 Å². The van der Waals surface area contributed by atoms with Crippen molar-refractivity contribution in [1.29, 1.82) is 0 Å². The Morgan fingerprint density at radius 1 is 1.45 bits per heavy atom. The molecule has 2 rings (SSSR count). The molecule has 1 unspecified atom stereocenters. The number of hydrogen-bond donors (Lipinski definition) is 2. The van der Waals surface area contributed by atoms with Gasteiger partial charge in [0.25, 0.3) is 0 Å². The highest BCUT2D eigenvalue weighted by atomic mass is 79.9. The topological polar surface area (TPSA) is 41.1 Å². The third kappa shape index (κ3) is 4.91. The highest BCUT2D eigenvalue weighted by Gasteiger charge is 2.27. The SMILES string of the molecule is CC1(C)CCCC(NCC(=O)Nc2cccc(Br)c2)C1. The normalized spacial score (nSPS) is 21.4. The summed E-state index contributed by atoms with van der Waals surface area (Å²) in [6.45, 7) is 5.00. The number of rotatable bonds is 4. The first-order valence-corrected chi connectivity index (χ1v) is 8.03. The van der Waals surface area contributed by atoms with Crippen LogP contribution in [0.25, 0.3) is 0 Å². The number of benzene rings is 1. The Kier molecular flexibility index (Phi) is 5.22. The van der Waals surface area contributed by atoms with E-state index in [0.717, 1.165) is 16.6 Å². The van der Waals surface area contributed by atoms with Gasteiger partial charge in [0.05, 0.1) is 6.54 Å². The van der Waals surface area contributed by atoms with Gasteiger partial charge in [0.1, 0.15) is 0 Å². The number of amides is 1. The van der Waals surface area contributed by atoms with E-state index in [9.17, 15) is 4.79 Å². The first kappa shape index (κ1) is 15.5. The molecule has 1 saturated carbocycles. The monoisotopic (exact) mass is 338 g/mol. The Hall–Kier alpha value is -0.870. The largest absolute Gasteiger partial charge is 0.325 e. The van der Waals surface area contributed by atoms with Gasteiger partial charge in [-0.2, -0.15) is 0 Å². The van der Waals surface area contributed by atoms with Crippen molar-refractivity contribution in [2.24, 2.45) is 5.41 Å². The maximum absolute atomic E-state index is 11.9. The van der Waals surface area contributed by atoms with E-state index in [-0.39, 0.29) is 5.91 Å². The summed E-state index contributed by atoms with van der Waals surface area (Å²) in [4.78, 5) is 11.9. The molecule has 0 saturated heterocycles. The molecule has 1 aliphatic rings. The van der Waals surface area contributed by atoms with Gasteiger partial charge in [-0.15, -0.1) is 0 Å². The maximum atomic E-state index is 11.9. The molecule has 110 valence electrons. The molecule has 3 nitrogen and oxygen atoms in total. The second kappa shape index (κ2) is 6.72. The van der Waals surface area contributed by atoms with Crippen LogP contribution in [0.5, 0.6) is 0 Å². The summed E-state index contributed by atoms with van der Waals surface area (Å²) in [6.07, 6.45) is 4.86. The Labute approximate surface area is 129 Å². The van der Waals surface area contributed by atoms with Gasteiger partial charge in [-0.25, -0.2) is 0 Å². The minimum atomic E-state index is 0.0199. The van der Waals surface area contributed by atoms with Crippen LogP contribution < -0.4 is 10.6 Å². The third-order valence-corrected chi connectivity index (χ3v) is 4.36. The summed E-state index contributed by atoms with van der Waals surface area (Å²) in [5.41, 5.74) is 1.23. The standard InChI is InChI=1S/C16H23BrN2O/c1-16(2)8-4-7-14(10-16)18-11-15(20)19-13-6-3-5-12(17)9-13/h3,5-6,9,14,18H,4,7-8,10-11H2,1-2H3,(H,19,20). The molecule has 1 aliphatic carbocycles. The van der Waals surface area contributed by atoms with Crippen molar-refractivity contribution in [3.05, 3.63) is 28.7 Å². The van der Waals surface area contributed by atoms with Crippen molar-refractivity contribution >= 4 is 27.5 Å². The van der Waals surface area contributed by atoms with Crippen LogP contribution in [0.2, 0.25) is 0 Å². The fourth-order valence-electron chi connectivity index (χ4n) is 2.88. The highest BCUT2D eigenvalue weighted by molar-refractivity contribution is 9.10. The summed E-state index contributed by atoms with van der Waals surface area (Å²) < 4.78 is 0.970. The molecule has 2 N–H and O–H groups in total. The fourth-order valence-corrected chi connectivity index (χ4v) is 3.28. The van der Waals surface area contributed by atoms with E-state index in [2.05, 4.69) is 40.4 Å². The van der Waals surface area contributed by atoms with Crippen LogP contribution in [0.4, 0.5) is 5.69 Å². The molecule has 20 heavy (non-hydrogen) atoms. The van der Waals surface area contributed by atoms with Crippen molar-refractivity contribution in [1.82, 2.24) is 5.32 Å². The summed E-state index contributed by atoms with van der Waals surface area (Å²) >= 11 is 3.40. The zero-order valence-electron chi connectivity index (χ0n) is 12.2. The lowest BCUT2D eigenvalue weighted by atomic mass is 9.75. The molecule has 4 heteroatoms. The first-order valence-electron chi connectivity index (χ1n) is 7.23. The van der Waals surface area contributed by atoms with Gasteiger partial charge in [0, 0.05) is 16.2 Å². The zero-order chi connectivity index (χ0) is 14.6. The van der Waals surface area contributed by atoms with Crippen LogP contribution in [0.1, 0.15) is 39.5 Å². The van der Waals surface area contributed by atoms with Gasteiger partial charge in [-0.3, -0.25) is 4.79 Å². The van der Waals surface area contributed by atoms with Crippen LogP contribution in [0.3, 0.4) is 0 Å². The smallest absolute Gasteiger partial charge is 0.238 e. The predicted molar refractivity (Wildman–Crippen MR) is 86.8 cm³/mol. The summed E-state index contributed by atoms with van der Waals surface area (Å²) in [5, 5.41) is 6.30. The molecule has 1 aromatic rings. The average molecular weight is 339 g/mol. The van der Waals surface area contributed by atoms with Crippen LogP contribution in [0, 0.1) is 5.41 Å². The van der Waals surface area contributed by atoms with E-state index in [1.807, 2.05) is 24.3 Å². The summed E-state index contributed by atoms with van der Waals surface area (Å²) in [5.74, 6) is 0.0199. The quantitative estimate of drug-likeness (QED) is 0.872. The van der Waals surface area contributed by atoms with Gasteiger partial charge < -0.3 is 10.6 Å². The van der Waals surface area contributed by atoms with E-state index >= 15 is 0 Å². The number of nitrogens with one attached hydrogen (secondary N) is 2. The lowest BCUT2D eigenvalue weighted by Gasteiger charge is -2.35. The molecule has 1 atom stereocenters. The van der Waals surface area contributed by atoms with Gasteiger partial charge in [-0.1, -0.05) is 42.3 Å². The lowest BCUT2D eigenvalue weighted by Crippen LogP contribution is -2.41. The Morgan fingerprint density at radius 2 is 2.25 bits per heavy atom. The predicted octanol–water partition coefficient (Wildman–Crippen LogP) is 3.95. The molecule has 0 spiro atoms. The Bertz CT molecular complexity index is 473. The number of halogens is 1. The molecule has 0 bridgehead atoms. The minimum absolute atomic E-state index is 0.0199. The molecule has 0 aromatic heterocycles. The first-order chi connectivity index (χ1) is 9.44. The number of carbonyl (C=O) groups excluding carboxylic acids is 1. The van der Waals surface area contributed by atoms with E-state index in [1.54, 1.807) is 0 Å². The van der Waals surface area contributed by atoms with Crippen LogP contribution in [0.15, 0.2) is 28.7 Å². The molecule has 1 aromatic carbocycles. The maximum Gasteiger partial charge on any atom is 0.238 e. The van der Waals surface area contributed by atoms with E-state index < -0.39 is 0 Å². The molecule has 0 aliphatic heterocycles. The van der Waals surface area contributed by atoms with Gasteiger partial charge in [-0.05, 0) is 42.9 Å². The molecule has 1 amide bonds. The van der Waals surface area contributed by atoms with E-state index in [0.29, 0.717) is 18.0 Å². The van der Waals surface area contributed by atoms with Gasteiger partial charge >= 0.3 is 0 Å². The lowest BCUT2D eigenvalue weighted by molar-refractivity contribution is -0.115. The van der Waals surface area contributed by atoms with Crippen molar-refractivity contribution < 1.29 is 4.79 Å². The molecule has 0 heterocycles. The van der Waals surface area contributed by atoms with Crippen molar-refractivity contribution in [3.8, 4) is 0 Å². The second-order valence-electron chi connectivity index (χ2n) is 6.40. The van der Waals surface area contributed by atoms with E-state index in [4.69, 9.17) is 0 Å². The molecule has 1 fully saturated rings. The van der Waals surface area contributed by atoms with Gasteiger partial charge in [0.2, 0.25) is 5.91 Å². The van der Waals surface area contributed by atoms with Crippen molar-refractivity contribution in [2.45, 2.75) is 45.6 Å². The second-order valence-corrected chi connectivity index (χ2v) is 7.31. The van der Waals surface area contributed by atoms with Crippen LogP contribution >= 0.6 is 15.9 Å². The fraction of sp³-hybridized carbons (Fsp3) is 0.562. The third-order valence-electron chi connectivity index (χ3n) is 3.86. The Balaban J connectivity index is 1.78. The number of anilines is 1. The number of hydrogen-bond acceptors (Lipinski definition) is 2. The summed E-state index contributed by atoms with van der Waals surface area (Å²) in [7, 11) is 0. The molecule has 0 radical (unpaired) electrons. The van der Waals surface area contributed by atoms with Crippen LogP contribution in [-0.2, 0) is 4.79 Å².